The Kier molecular flexibility index (Phi) is 5.94. The Hall–Kier alpha value is -3.00. The number of fused-ring (bicyclic) bond motifs is 1. The second-order valence-electron chi connectivity index (χ2n) is 8.10. The average molecular weight is 410 g/mol. The molecule has 7 nitrogen and oxygen atoms in total. The van der Waals surface area contributed by atoms with Crippen LogP contribution in [0.5, 0.6) is 0 Å². The van der Waals surface area contributed by atoms with Crippen molar-refractivity contribution in [1.82, 2.24) is 24.8 Å². The fourth-order valence-electron chi connectivity index (χ4n) is 3.84. The van der Waals surface area contributed by atoms with E-state index in [-0.39, 0.29) is 25.0 Å². The van der Waals surface area contributed by atoms with Crippen LogP contribution in [-0.2, 0) is 11.2 Å². The number of carbonyl (C=O) groups excluding carboxylic acids is 1. The highest BCUT2D eigenvalue weighted by molar-refractivity contribution is 5.78. The molecule has 1 fully saturated rings. The van der Waals surface area contributed by atoms with E-state index in [4.69, 9.17) is 0 Å². The SMILES string of the molecule is CN(CCc1ccccc1)CC(=O)NCC1(F)CC(Nc2ncnn3cccc23)C1. The molecule has 1 aliphatic rings. The van der Waals surface area contributed by atoms with Gasteiger partial charge in [0.25, 0.3) is 0 Å². The van der Waals surface area contributed by atoms with Crippen molar-refractivity contribution >= 4 is 17.2 Å². The van der Waals surface area contributed by atoms with Crippen LogP contribution in [-0.4, -0.2) is 63.8 Å². The molecule has 2 heterocycles. The number of nitrogens with zero attached hydrogens (tertiary/aromatic N) is 4. The number of hydrogen-bond donors (Lipinski definition) is 2. The smallest absolute Gasteiger partial charge is 0.234 e. The zero-order valence-electron chi connectivity index (χ0n) is 17.1. The van der Waals surface area contributed by atoms with E-state index in [0.717, 1.165) is 18.5 Å². The van der Waals surface area contributed by atoms with Gasteiger partial charge in [0.05, 0.1) is 13.1 Å². The van der Waals surface area contributed by atoms with E-state index < -0.39 is 5.67 Å². The van der Waals surface area contributed by atoms with Crippen molar-refractivity contribution in [3.63, 3.8) is 0 Å². The fraction of sp³-hybridized carbons (Fsp3) is 0.409. The summed E-state index contributed by atoms with van der Waals surface area (Å²) in [4.78, 5) is 18.4. The van der Waals surface area contributed by atoms with E-state index in [1.54, 1.807) is 4.52 Å². The van der Waals surface area contributed by atoms with Crippen LogP contribution in [0.4, 0.5) is 10.2 Å². The third-order valence-corrected chi connectivity index (χ3v) is 5.54. The number of aromatic nitrogens is 3. The lowest BCUT2D eigenvalue weighted by molar-refractivity contribution is -0.123. The summed E-state index contributed by atoms with van der Waals surface area (Å²) in [6, 6.07) is 14.0. The molecule has 0 bridgehead atoms. The first-order valence-electron chi connectivity index (χ1n) is 10.2. The molecule has 0 unspecified atom stereocenters. The van der Waals surface area contributed by atoms with Gasteiger partial charge in [0.1, 0.15) is 17.5 Å². The van der Waals surface area contributed by atoms with Crippen LogP contribution in [0.3, 0.4) is 0 Å². The maximum Gasteiger partial charge on any atom is 0.234 e. The van der Waals surface area contributed by atoms with Crippen molar-refractivity contribution in [3.05, 3.63) is 60.6 Å². The maximum atomic E-state index is 14.9. The Balaban J connectivity index is 1.17. The van der Waals surface area contributed by atoms with Gasteiger partial charge in [-0.2, -0.15) is 5.10 Å². The molecule has 4 rings (SSSR count). The number of likely N-dealkylation sites (N-methyl/N-ethyl adjacent to an activating group) is 1. The molecular formula is C22H27FN6O. The molecule has 0 saturated heterocycles. The van der Waals surface area contributed by atoms with Gasteiger partial charge in [-0.05, 0) is 31.2 Å². The third kappa shape index (κ3) is 4.94. The van der Waals surface area contributed by atoms with Crippen LogP contribution in [0, 0.1) is 0 Å². The van der Waals surface area contributed by atoms with E-state index in [2.05, 4.69) is 32.8 Å². The summed E-state index contributed by atoms with van der Waals surface area (Å²) >= 11 is 0. The molecule has 0 spiro atoms. The van der Waals surface area contributed by atoms with Gasteiger partial charge in [0, 0.05) is 31.6 Å². The molecule has 1 saturated carbocycles. The Bertz CT molecular complexity index is 985. The summed E-state index contributed by atoms with van der Waals surface area (Å²) in [7, 11) is 1.90. The van der Waals surface area contributed by atoms with Gasteiger partial charge in [-0.25, -0.2) is 13.9 Å². The summed E-state index contributed by atoms with van der Waals surface area (Å²) in [6.45, 7) is 1.08. The highest BCUT2D eigenvalue weighted by atomic mass is 19.1. The first-order chi connectivity index (χ1) is 14.5. The van der Waals surface area contributed by atoms with Gasteiger partial charge in [-0.15, -0.1) is 0 Å². The summed E-state index contributed by atoms with van der Waals surface area (Å²) in [5.41, 5.74) is 0.726. The maximum absolute atomic E-state index is 14.9. The molecule has 158 valence electrons. The van der Waals surface area contributed by atoms with Gasteiger partial charge in [-0.3, -0.25) is 9.69 Å². The Labute approximate surface area is 175 Å². The lowest BCUT2D eigenvalue weighted by Crippen LogP contribution is -2.54. The lowest BCUT2D eigenvalue weighted by atomic mass is 9.77. The summed E-state index contributed by atoms with van der Waals surface area (Å²) < 4.78 is 16.6. The Morgan fingerprint density at radius 2 is 2.07 bits per heavy atom. The van der Waals surface area contributed by atoms with Gasteiger partial charge in [0.15, 0.2) is 5.82 Å². The predicted octanol–water partition coefficient (Wildman–Crippen LogP) is 2.30. The molecule has 2 aromatic heterocycles. The normalized spacial score (nSPS) is 20.8. The van der Waals surface area contributed by atoms with E-state index in [1.165, 1.54) is 11.9 Å². The molecule has 1 aromatic carbocycles. The Morgan fingerprint density at radius 3 is 2.87 bits per heavy atom. The average Bonchev–Trinajstić information content (AvgIpc) is 3.20. The van der Waals surface area contributed by atoms with Crippen LogP contribution in [0.25, 0.3) is 5.52 Å². The zero-order valence-corrected chi connectivity index (χ0v) is 17.1. The number of rotatable bonds is 9. The largest absolute Gasteiger partial charge is 0.365 e. The van der Waals surface area contributed by atoms with Crippen molar-refractivity contribution in [3.8, 4) is 0 Å². The second kappa shape index (κ2) is 8.79. The number of benzene rings is 1. The topological polar surface area (TPSA) is 74.6 Å². The van der Waals surface area contributed by atoms with E-state index in [9.17, 15) is 9.18 Å². The van der Waals surface area contributed by atoms with Gasteiger partial charge < -0.3 is 10.6 Å². The van der Waals surface area contributed by atoms with Crippen molar-refractivity contribution in [2.45, 2.75) is 31.0 Å². The van der Waals surface area contributed by atoms with Gasteiger partial charge >= 0.3 is 0 Å². The standard InChI is InChI=1S/C22H27FN6O/c1-28(11-9-17-6-3-2-4-7-17)14-20(30)24-15-22(23)12-18(13-22)27-21-19-8-5-10-29(19)26-16-25-21/h2-8,10,16,18H,9,11-15H2,1H3,(H,24,30)(H,25,26,27). The van der Waals surface area contributed by atoms with Crippen LogP contribution >= 0.6 is 0 Å². The monoisotopic (exact) mass is 410 g/mol. The van der Waals surface area contributed by atoms with Crippen molar-refractivity contribution in [1.29, 1.82) is 0 Å². The summed E-state index contributed by atoms with van der Waals surface area (Å²) in [5, 5.41) is 10.2. The Morgan fingerprint density at radius 1 is 1.27 bits per heavy atom. The van der Waals surface area contributed by atoms with Gasteiger partial charge in [-0.1, -0.05) is 30.3 Å². The lowest BCUT2D eigenvalue weighted by Gasteiger charge is -2.42. The number of hydrogen-bond acceptors (Lipinski definition) is 5. The molecular weight excluding hydrogens is 383 g/mol. The molecule has 0 radical (unpaired) electrons. The third-order valence-electron chi connectivity index (χ3n) is 5.54. The van der Waals surface area contributed by atoms with E-state index in [1.807, 2.05) is 48.5 Å². The van der Waals surface area contributed by atoms with E-state index >= 15 is 0 Å². The van der Waals surface area contributed by atoms with Crippen molar-refractivity contribution in [2.75, 3.05) is 32.0 Å². The first kappa shape index (κ1) is 20.3. The van der Waals surface area contributed by atoms with Crippen molar-refractivity contribution in [2.24, 2.45) is 0 Å². The quantitative estimate of drug-likeness (QED) is 0.566. The number of halogens is 1. The first-order valence-corrected chi connectivity index (χ1v) is 10.2. The molecule has 0 atom stereocenters. The van der Waals surface area contributed by atoms with Gasteiger partial charge in [0.2, 0.25) is 5.91 Å². The van der Waals surface area contributed by atoms with Crippen LogP contribution < -0.4 is 10.6 Å². The number of amides is 1. The number of nitrogens with one attached hydrogen (secondary N) is 2. The van der Waals surface area contributed by atoms with Crippen molar-refractivity contribution < 1.29 is 9.18 Å². The molecule has 0 aliphatic heterocycles. The zero-order chi connectivity index (χ0) is 21.0. The molecule has 2 N–H and O–H groups in total. The highest BCUT2D eigenvalue weighted by Crippen LogP contribution is 2.37. The summed E-state index contributed by atoms with van der Waals surface area (Å²) in [5.74, 6) is 0.552. The minimum absolute atomic E-state index is 0.00551. The molecule has 3 aromatic rings. The number of carbonyl (C=O) groups is 1. The summed E-state index contributed by atoms with van der Waals surface area (Å²) in [6.07, 6.45) is 4.88. The molecule has 30 heavy (non-hydrogen) atoms. The van der Waals surface area contributed by atoms with E-state index in [0.29, 0.717) is 18.7 Å². The minimum Gasteiger partial charge on any atom is -0.365 e. The van der Waals surface area contributed by atoms with Crippen LogP contribution in [0.2, 0.25) is 0 Å². The van der Waals surface area contributed by atoms with Crippen LogP contribution in [0.1, 0.15) is 18.4 Å². The number of alkyl halides is 1. The fourth-order valence-corrected chi connectivity index (χ4v) is 3.84. The molecule has 1 amide bonds. The predicted molar refractivity (Wildman–Crippen MR) is 114 cm³/mol. The highest BCUT2D eigenvalue weighted by Gasteiger charge is 2.45. The molecule has 1 aliphatic carbocycles. The number of anilines is 1. The second-order valence-corrected chi connectivity index (χ2v) is 8.10. The van der Waals surface area contributed by atoms with Crippen LogP contribution in [0.15, 0.2) is 55.0 Å². The minimum atomic E-state index is -1.37. The molecule has 8 heteroatoms.